The summed E-state index contributed by atoms with van der Waals surface area (Å²) in [6, 6.07) is 23.7. The van der Waals surface area contributed by atoms with Gasteiger partial charge in [-0.15, -0.1) is 0 Å². The van der Waals surface area contributed by atoms with E-state index in [1.54, 1.807) is 24.3 Å². The van der Waals surface area contributed by atoms with Gasteiger partial charge in [0.15, 0.2) is 0 Å². The molecule has 0 aliphatic carbocycles. The molecule has 4 aromatic rings. The van der Waals surface area contributed by atoms with E-state index in [1.807, 2.05) is 18.2 Å². The molecule has 2 amide bonds. The zero-order valence-corrected chi connectivity index (χ0v) is 19.2. The van der Waals surface area contributed by atoms with Gasteiger partial charge < -0.3 is 4.57 Å². The van der Waals surface area contributed by atoms with E-state index in [-0.39, 0.29) is 17.2 Å². The van der Waals surface area contributed by atoms with Gasteiger partial charge in [-0.3, -0.25) is 14.5 Å². The molecule has 33 heavy (non-hydrogen) atoms. The van der Waals surface area contributed by atoms with E-state index in [2.05, 4.69) is 55.7 Å². The number of imidazole rings is 1. The predicted molar refractivity (Wildman–Crippen MR) is 130 cm³/mol. The fourth-order valence-electron chi connectivity index (χ4n) is 4.47. The fourth-order valence-corrected chi connectivity index (χ4v) is 4.47. The van der Waals surface area contributed by atoms with Gasteiger partial charge in [-0.25, -0.2) is 4.98 Å². The summed E-state index contributed by atoms with van der Waals surface area (Å²) in [5.74, 6) is 0.493. The summed E-state index contributed by atoms with van der Waals surface area (Å²) in [6.45, 7) is 7.65. The number of hydrogen-bond donors (Lipinski definition) is 0. The third-order valence-corrected chi connectivity index (χ3v) is 6.31. The van der Waals surface area contributed by atoms with Crippen molar-refractivity contribution in [2.75, 3.05) is 6.54 Å². The number of aryl methyl sites for hydroxylation is 1. The van der Waals surface area contributed by atoms with E-state index in [0.717, 1.165) is 22.4 Å². The van der Waals surface area contributed by atoms with Crippen LogP contribution < -0.4 is 0 Å². The number of amides is 2. The van der Waals surface area contributed by atoms with Crippen LogP contribution in [0.5, 0.6) is 0 Å². The molecule has 3 aromatic carbocycles. The molecule has 0 fully saturated rings. The zero-order chi connectivity index (χ0) is 23.2. The number of rotatable bonds is 5. The fraction of sp³-hybridized carbons (Fsp3) is 0.250. The Balaban J connectivity index is 1.41. The Morgan fingerprint density at radius 3 is 2.00 bits per heavy atom. The first kappa shape index (κ1) is 21.1. The largest absolute Gasteiger partial charge is 0.324 e. The maximum absolute atomic E-state index is 12.7. The van der Waals surface area contributed by atoms with E-state index in [4.69, 9.17) is 4.98 Å². The van der Waals surface area contributed by atoms with Crippen LogP contribution in [0.15, 0.2) is 72.8 Å². The average molecular weight is 438 g/mol. The second-order valence-electron chi connectivity index (χ2n) is 9.56. The molecule has 2 heterocycles. The summed E-state index contributed by atoms with van der Waals surface area (Å²) >= 11 is 0. The lowest BCUT2D eigenvalue weighted by Gasteiger charge is -2.19. The van der Waals surface area contributed by atoms with Crippen molar-refractivity contribution in [3.8, 4) is 11.4 Å². The topological polar surface area (TPSA) is 55.2 Å². The van der Waals surface area contributed by atoms with Gasteiger partial charge in [-0.2, -0.15) is 0 Å². The van der Waals surface area contributed by atoms with Crippen LogP contribution in [0.3, 0.4) is 0 Å². The number of benzene rings is 3. The highest BCUT2D eigenvalue weighted by molar-refractivity contribution is 6.21. The third kappa shape index (κ3) is 3.74. The van der Waals surface area contributed by atoms with Gasteiger partial charge in [0.25, 0.3) is 11.8 Å². The van der Waals surface area contributed by atoms with Crippen LogP contribution in [-0.4, -0.2) is 32.8 Å². The summed E-state index contributed by atoms with van der Waals surface area (Å²) in [7, 11) is 0. The summed E-state index contributed by atoms with van der Waals surface area (Å²) in [5, 5.41) is 0. The lowest BCUT2D eigenvalue weighted by Crippen LogP contribution is -2.31. The third-order valence-electron chi connectivity index (χ3n) is 6.31. The minimum atomic E-state index is -0.205. The second-order valence-corrected chi connectivity index (χ2v) is 9.56. The van der Waals surface area contributed by atoms with Gasteiger partial charge in [0.1, 0.15) is 5.82 Å². The number of imide groups is 1. The Bertz CT molecular complexity index is 1330. The molecule has 166 valence electrons. The van der Waals surface area contributed by atoms with Crippen molar-refractivity contribution >= 4 is 22.8 Å². The van der Waals surface area contributed by atoms with Gasteiger partial charge >= 0.3 is 0 Å². The summed E-state index contributed by atoms with van der Waals surface area (Å²) in [4.78, 5) is 31.7. The zero-order valence-electron chi connectivity index (χ0n) is 19.2. The number of aromatic nitrogens is 2. The number of carbonyl (C=O) groups excluding carboxylic acids is 2. The SMILES string of the molecule is CC(C)(C)c1ccc(-c2nc3ccccc3n2CCCN2C(=O)c3ccccc3C2=O)cc1. The normalized spacial score (nSPS) is 13.7. The molecular formula is C28H27N3O2. The molecule has 0 unspecified atom stereocenters. The Kier molecular flexibility index (Phi) is 5.12. The molecule has 0 spiro atoms. The monoisotopic (exact) mass is 437 g/mol. The highest BCUT2D eigenvalue weighted by Gasteiger charge is 2.34. The van der Waals surface area contributed by atoms with Crippen LogP contribution in [-0.2, 0) is 12.0 Å². The number of hydrogen-bond acceptors (Lipinski definition) is 3. The highest BCUT2D eigenvalue weighted by atomic mass is 16.2. The molecule has 1 aliphatic rings. The predicted octanol–water partition coefficient (Wildman–Crippen LogP) is 5.69. The van der Waals surface area contributed by atoms with E-state index in [9.17, 15) is 9.59 Å². The quantitative estimate of drug-likeness (QED) is 0.377. The van der Waals surface area contributed by atoms with Crippen molar-refractivity contribution in [2.24, 2.45) is 0 Å². The number of nitrogens with zero attached hydrogens (tertiary/aromatic N) is 3. The number of fused-ring (bicyclic) bond motifs is 2. The molecule has 0 radical (unpaired) electrons. The van der Waals surface area contributed by atoms with Gasteiger partial charge in [-0.1, -0.05) is 69.3 Å². The van der Waals surface area contributed by atoms with Crippen LogP contribution in [0.25, 0.3) is 22.4 Å². The molecule has 1 aliphatic heterocycles. The minimum absolute atomic E-state index is 0.0883. The number of carbonyl (C=O) groups is 2. The van der Waals surface area contributed by atoms with Gasteiger partial charge in [0.2, 0.25) is 0 Å². The first-order chi connectivity index (χ1) is 15.8. The number of para-hydroxylation sites is 2. The lowest BCUT2D eigenvalue weighted by molar-refractivity contribution is 0.0651. The Hall–Kier alpha value is -3.73. The van der Waals surface area contributed by atoms with E-state index in [1.165, 1.54) is 10.5 Å². The molecule has 0 saturated heterocycles. The molecule has 0 N–H and O–H groups in total. The van der Waals surface area contributed by atoms with Crippen LogP contribution >= 0.6 is 0 Å². The minimum Gasteiger partial charge on any atom is -0.324 e. The van der Waals surface area contributed by atoms with E-state index in [0.29, 0.717) is 30.6 Å². The molecular weight excluding hydrogens is 410 g/mol. The molecule has 0 saturated carbocycles. The van der Waals surface area contributed by atoms with E-state index >= 15 is 0 Å². The molecule has 0 atom stereocenters. The van der Waals surface area contributed by atoms with Gasteiger partial charge in [0.05, 0.1) is 22.2 Å². The maximum Gasteiger partial charge on any atom is 0.261 e. The Labute approximate surface area is 193 Å². The molecule has 5 nitrogen and oxygen atoms in total. The van der Waals surface area contributed by atoms with Crippen molar-refractivity contribution < 1.29 is 9.59 Å². The van der Waals surface area contributed by atoms with Crippen molar-refractivity contribution in [1.82, 2.24) is 14.5 Å². The average Bonchev–Trinajstić information content (AvgIpc) is 3.30. The standard InChI is InChI=1S/C28H27N3O2/c1-28(2,3)20-15-13-19(14-16-20)25-29-23-11-6-7-12-24(23)30(25)17-8-18-31-26(32)21-9-4-5-10-22(21)27(31)33/h4-7,9-16H,8,17-18H2,1-3H3. The van der Waals surface area contributed by atoms with Crippen molar-refractivity contribution in [1.29, 1.82) is 0 Å². The second kappa shape index (κ2) is 8.00. The van der Waals surface area contributed by atoms with Crippen LogP contribution in [0, 0.1) is 0 Å². The molecule has 5 rings (SSSR count). The van der Waals surface area contributed by atoms with Crippen molar-refractivity contribution in [2.45, 2.75) is 39.2 Å². The van der Waals surface area contributed by atoms with Gasteiger partial charge in [-0.05, 0) is 41.7 Å². The Morgan fingerprint density at radius 1 is 0.758 bits per heavy atom. The van der Waals surface area contributed by atoms with Crippen LogP contribution in [0.4, 0.5) is 0 Å². The van der Waals surface area contributed by atoms with Crippen molar-refractivity contribution in [3.05, 3.63) is 89.5 Å². The summed E-state index contributed by atoms with van der Waals surface area (Å²) in [5.41, 5.74) is 5.40. The van der Waals surface area contributed by atoms with Crippen molar-refractivity contribution in [3.63, 3.8) is 0 Å². The maximum atomic E-state index is 12.7. The highest BCUT2D eigenvalue weighted by Crippen LogP contribution is 2.29. The first-order valence-electron chi connectivity index (χ1n) is 11.4. The van der Waals surface area contributed by atoms with Gasteiger partial charge in [0, 0.05) is 18.7 Å². The summed E-state index contributed by atoms with van der Waals surface area (Å²) < 4.78 is 2.19. The molecule has 1 aromatic heterocycles. The Morgan fingerprint density at radius 2 is 1.36 bits per heavy atom. The van der Waals surface area contributed by atoms with E-state index < -0.39 is 0 Å². The van der Waals surface area contributed by atoms with Crippen LogP contribution in [0.1, 0.15) is 53.5 Å². The molecule has 5 heteroatoms. The smallest absolute Gasteiger partial charge is 0.261 e. The molecule has 0 bridgehead atoms. The summed E-state index contributed by atoms with van der Waals surface area (Å²) in [6.07, 6.45) is 0.652. The van der Waals surface area contributed by atoms with Crippen LogP contribution in [0.2, 0.25) is 0 Å². The first-order valence-corrected chi connectivity index (χ1v) is 11.4. The lowest BCUT2D eigenvalue weighted by atomic mass is 9.87.